The first-order valence-corrected chi connectivity index (χ1v) is 4.00. The van der Waals surface area contributed by atoms with Gasteiger partial charge in [-0.3, -0.25) is 0 Å². The van der Waals surface area contributed by atoms with Gasteiger partial charge in [0.2, 0.25) is 0 Å². The second-order valence-electron chi connectivity index (χ2n) is 2.32. The van der Waals surface area contributed by atoms with E-state index >= 15 is 0 Å². The van der Waals surface area contributed by atoms with Gasteiger partial charge in [-0.1, -0.05) is 35.9 Å². The highest BCUT2D eigenvalue weighted by Crippen LogP contribution is 2.10. The van der Waals surface area contributed by atoms with E-state index in [1.54, 1.807) is 0 Å². The Balaban J connectivity index is 2.66. The molecule has 0 saturated carbocycles. The van der Waals surface area contributed by atoms with Crippen molar-refractivity contribution in [1.82, 2.24) is 0 Å². The van der Waals surface area contributed by atoms with Crippen molar-refractivity contribution in [1.29, 1.82) is 5.26 Å². The maximum absolute atomic E-state index is 8.27. The zero-order valence-corrected chi connectivity index (χ0v) is 7.25. The summed E-state index contributed by atoms with van der Waals surface area (Å²) in [5.41, 5.74) is 1.06. The van der Waals surface area contributed by atoms with Gasteiger partial charge in [-0.2, -0.15) is 5.26 Å². The average Bonchev–Trinajstić information content (AvgIpc) is 2.09. The first-order valence-electron chi connectivity index (χ1n) is 3.62. The summed E-state index contributed by atoms with van der Waals surface area (Å²) in [6, 6.07) is 9.52. The molecule has 0 aromatic heterocycles. The molecule has 0 heterocycles. The topological polar surface area (TPSA) is 23.8 Å². The molecule has 1 nitrogen and oxygen atoms in total. The van der Waals surface area contributed by atoms with Gasteiger partial charge >= 0.3 is 0 Å². The van der Waals surface area contributed by atoms with E-state index < -0.39 is 0 Å². The molecule has 0 aliphatic rings. The Morgan fingerprint density at radius 3 is 2.58 bits per heavy atom. The molecule has 0 saturated heterocycles. The van der Waals surface area contributed by atoms with E-state index in [1.165, 1.54) is 0 Å². The Morgan fingerprint density at radius 2 is 2.00 bits per heavy atom. The zero-order chi connectivity index (χ0) is 8.81. The van der Waals surface area contributed by atoms with Gasteiger partial charge in [0.25, 0.3) is 0 Å². The molecule has 0 aliphatic heterocycles. The van der Waals surface area contributed by atoms with E-state index in [-0.39, 0.29) is 0 Å². The minimum Gasteiger partial charge on any atom is -0.198 e. The van der Waals surface area contributed by atoms with Crippen LogP contribution in [0.25, 0.3) is 6.08 Å². The van der Waals surface area contributed by atoms with Crippen LogP contribution in [-0.4, -0.2) is 0 Å². The second-order valence-corrected chi connectivity index (χ2v) is 2.75. The highest BCUT2D eigenvalue weighted by molar-refractivity contribution is 6.30. The summed E-state index contributed by atoms with van der Waals surface area (Å²) in [5, 5.41) is 9.00. The smallest absolute Gasteiger partial charge is 0.0663 e. The van der Waals surface area contributed by atoms with Crippen LogP contribution in [0.2, 0.25) is 5.02 Å². The van der Waals surface area contributed by atoms with Crippen molar-refractivity contribution in [3.8, 4) is 6.07 Å². The molecule has 60 valence electrons. The number of halogens is 1. The highest BCUT2D eigenvalue weighted by Gasteiger charge is 1.86. The Kier molecular flexibility index (Phi) is 3.37. The quantitative estimate of drug-likeness (QED) is 0.680. The Labute approximate surface area is 76.9 Å². The third kappa shape index (κ3) is 2.77. The van der Waals surface area contributed by atoms with Gasteiger partial charge in [-0.05, 0) is 17.7 Å². The summed E-state index contributed by atoms with van der Waals surface area (Å²) < 4.78 is 0. The summed E-state index contributed by atoms with van der Waals surface area (Å²) in [5.74, 6) is 0. The number of allylic oxidation sites excluding steroid dienone is 1. The molecule has 0 amide bonds. The van der Waals surface area contributed by atoms with Gasteiger partial charge in [0.1, 0.15) is 0 Å². The second kappa shape index (κ2) is 4.58. The van der Waals surface area contributed by atoms with Crippen molar-refractivity contribution in [3.63, 3.8) is 0 Å². The molecule has 0 radical (unpaired) electrons. The van der Waals surface area contributed by atoms with E-state index in [2.05, 4.69) is 0 Å². The fraction of sp³-hybridized carbons (Fsp3) is 0.100. The van der Waals surface area contributed by atoms with Crippen LogP contribution in [0.4, 0.5) is 0 Å². The summed E-state index contributed by atoms with van der Waals surface area (Å²) >= 11 is 5.70. The van der Waals surface area contributed by atoms with Crippen molar-refractivity contribution in [2.75, 3.05) is 0 Å². The van der Waals surface area contributed by atoms with Gasteiger partial charge in [-0.25, -0.2) is 0 Å². The molecule has 0 N–H and O–H groups in total. The molecule has 1 rings (SSSR count). The Morgan fingerprint density at radius 1 is 1.33 bits per heavy atom. The number of hydrogen-bond acceptors (Lipinski definition) is 1. The molecule has 1 aromatic rings. The molecule has 0 unspecified atom stereocenters. The predicted octanol–water partition coefficient (Wildman–Crippen LogP) is 3.27. The van der Waals surface area contributed by atoms with E-state index in [9.17, 15) is 0 Å². The van der Waals surface area contributed by atoms with Crippen LogP contribution in [0.5, 0.6) is 0 Å². The van der Waals surface area contributed by atoms with Crippen LogP contribution >= 0.6 is 11.6 Å². The number of nitriles is 1. The lowest BCUT2D eigenvalue weighted by molar-refractivity contribution is 1.36. The zero-order valence-electron chi connectivity index (χ0n) is 6.50. The maximum Gasteiger partial charge on any atom is 0.0663 e. The molecule has 0 aliphatic carbocycles. The van der Waals surface area contributed by atoms with Crippen LogP contribution < -0.4 is 0 Å². The lowest BCUT2D eigenvalue weighted by atomic mass is 10.2. The van der Waals surface area contributed by atoms with E-state index in [4.69, 9.17) is 16.9 Å². The van der Waals surface area contributed by atoms with Crippen molar-refractivity contribution in [3.05, 3.63) is 40.9 Å². The number of nitrogens with zero attached hydrogens (tertiary/aromatic N) is 1. The SMILES string of the molecule is N#CC/C=C/c1ccc(Cl)cc1. The van der Waals surface area contributed by atoms with Crippen molar-refractivity contribution < 1.29 is 0 Å². The molecule has 0 atom stereocenters. The molecule has 1 aromatic carbocycles. The Bertz CT molecular complexity index is 306. The third-order valence-corrected chi connectivity index (χ3v) is 1.64. The van der Waals surface area contributed by atoms with E-state index in [1.807, 2.05) is 42.5 Å². The van der Waals surface area contributed by atoms with Gasteiger partial charge in [0, 0.05) is 5.02 Å². The fourth-order valence-electron chi connectivity index (χ4n) is 0.822. The van der Waals surface area contributed by atoms with Gasteiger partial charge in [-0.15, -0.1) is 0 Å². The first-order chi connectivity index (χ1) is 5.83. The van der Waals surface area contributed by atoms with E-state index in [0.29, 0.717) is 6.42 Å². The monoisotopic (exact) mass is 177 g/mol. The minimum atomic E-state index is 0.447. The molecule has 2 heteroatoms. The van der Waals surface area contributed by atoms with Gasteiger partial charge in [0.15, 0.2) is 0 Å². The van der Waals surface area contributed by atoms with E-state index in [0.717, 1.165) is 10.6 Å². The van der Waals surface area contributed by atoms with Gasteiger partial charge < -0.3 is 0 Å². The highest BCUT2D eigenvalue weighted by atomic mass is 35.5. The van der Waals surface area contributed by atoms with Crippen molar-refractivity contribution in [2.24, 2.45) is 0 Å². The number of hydrogen-bond donors (Lipinski definition) is 0. The summed E-state index contributed by atoms with van der Waals surface area (Å²) in [6.07, 6.45) is 4.17. The number of benzene rings is 1. The first kappa shape index (κ1) is 8.83. The molecular weight excluding hydrogens is 170 g/mol. The summed E-state index contributed by atoms with van der Waals surface area (Å²) in [6.45, 7) is 0. The number of rotatable bonds is 2. The van der Waals surface area contributed by atoms with Crippen LogP contribution in [0.15, 0.2) is 30.3 Å². The molecular formula is C10H8ClN. The summed E-state index contributed by atoms with van der Waals surface area (Å²) in [4.78, 5) is 0. The predicted molar refractivity (Wildman–Crippen MR) is 50.7 cm³/mol. The van der Waals surface area contributed by atoms with Crippen LogP contribution in [0.1, 0.15) is 12.0 Å². The minimum absolute atomic E-state index is 0.447. The third-order valence-electron chi connectivity index (χ3n) is 1.39. The Hall–Kier alpha value is -1.26. The lowest BCUT2D eigenvalue weighted by Crippen LogP contribution is -1.69. The van der Waals surface area contributed by atoms with Crippen molar-refractivity contribution in [2.45, 2.75) is 6.42 Å². The largest absolute Gasteiger partial charge is 0.198 e. The van der Waals surface area contributed by atoms with Crippen molar-refractivity contribution >= 4 is 17.7 Å². The standard InChI is InChI=1S/C10H8ClN/c11-10-6-4-9(5-7-10)3-1-2-8-12/h1,3-7H,2H2/b3-1+. The molecule has 0 fully saturated rings. The molecule has 12 heavy (non-hydrogen) atoms. The summed E-state index contributed by atoms with van der Waals surface area (Å²) in [7, 11) is 0. The lowest BCUT2D eigenvalue weighted by Gasteiger charge is -1.91. The molecule has 0 bridgehead atoms. The van der Waals surface area contributed by atoms with Crippen LogP contribution in [0.3, 0.4) is 0 Å². The van der Waals surface area contributed by atoms with Gasteiger partial charge in [0.05, 0.1) is 12.5 Å². The molecule has 0 spiro atoms. The maximum atomic E-state index is 8.27. The van der Waals surface area contributed by atoms with Crippen LogP contribution in [-0.2, 0) is 0 Å². The van der Waals surface area contributed by atoms with Crippen LogP contribution in [0, 0.1) is 11.3 Å². The average molecular weight is 178 g/mol. The fourth-order valence-corrected chi connectivity index (χ4v) is 0.948. The normalized spacial score (nSPS) is 10.0.